The van der Waals surface area contributed by atoms with Gasteiger partial charge in [0.1, 0.15) is 10.6 Å². The molecule has 0 bridgehead atoms. The van der Waals surface area contributed by atoms with Crippen molar-refractivity contribution in [3.63, 3.8) is 0 Å². The van der Waals surface area contributed by atoms with E-state index in [4.69, 9.17) is 21.1 Å². The molecule has 2 aliphatic heterocycles. The quantitative estimate of drug-likeness (QED) is 0.808. The predicted octanol–water partition coefficient (Wildman–Crippen LogP) is 2.13. The van der Waals surface area contributed by atoms with Gasteiger partial charge in [-0.2, -0.15) is 4.31 Å². The number of likely N-dealkylation sites (N-methyl/N-ethyl adjacent to an activating group) is 1. The van der Waals surface area contributed by atoms with Gasteiger partial charge in [0, 0.05) is 36.7 Å². The van der Waals surface area contributed by atoms with Gasteiger partial charge in [0.15, 0.2) is 0 Å². The van der Waals surface area contributed by atoms with E-state index in [1.807, 2.05) is 7.05 Å². The average molecular weight is 389 g/mol. The molecule has 0 aliphatic carbocycles. The first-order chi connectivity index (χ1) is 12.0. The summed E-state index contributed by atoms with van der Waals surface area (Å²) in [6, 6.07) is 4.96. The van der Waals surface area contributed by atoms with Crippen LogP contribution in [-0.2, 0) is 14.8 Å². The minimum atomic E-state index is -3.65. The lowest BCUT2D eigenvalue weighted by molar-refractivity contribution is 0.166. The topological polar surface area (TPSA) is 67.9 Å². The van der Waals surface area contributed by atoms with E-state index in [0.717, 1.165) is 25.9 Å². The molecule has 6 nitrogen and oxygen atoms in total. The molecular formula is C17H25ClN2O4S. The summed E-state index contributed by atoms with van der Waals surface area (Å²) in [7, 11) is -1.79. The monoisotopic (exact) mass is 388 g/mol. The molecule has 0 amide bonds. The van der Waals surface area contributed by atoms with Crippen molar-refractivity contribution >= 4 is 21.6 Å². The molecule has 140 valence electrons. The molecular weight excluding hydrogens is 364 g/mol. The summed E-state index contributed by atoms with van der Waals surface area (Å²) >= 11 is 6.07. The van der Waals surface area contributed by atoms with E-state index in [0.29, 0.717) is 43.0 Å². The lowest BCUT2D eigenvalue weighted by atomic mass is 10.1. The molecule has 2 heterocycles. The SMILES string of the molecule is CNC1CCCN(S(=O)(=O)c2cc(Cl)ccc2OCC2CCOC2)C1. The van der Waals surface area contributed by atoms with Gasteiger partial charge in [-0.1, -0.05) is 11.6 Å². The van der Waals surface area contributed by atoms with E-state index < -0.39 is 10.0 Å². The van der Waals surface area contributed by atoms with Crippen molar-refractivity contribution in [1.82, 2.24) is 9.62 Å². The maximum absolute atomic E-state index is 13.2. The zero-order valence-electron chi connectivity index (χ0n) is 14.4. The van der Waals surface area contributed by atoms with E-state index in [9.17, 15) is 8.42 Å². The number of nitrogens with one attached hydrogen (secondary N) is 1. The van der Waals surface area contributed by atoms with Crippen LogP contribution >= 0.6 is 11.6 Å². The van der Waals surface area contributed by atoms with Gasteiger partial charge in [-0.3, -0.25) is 0 Å². The highest BCUT2D eigenvalue weighted by Gasteiger charge is 2.32. The first-order valence-corrected chi connectivity index (χ1v) is 10.5. The molecule has 3 rings (SSSR count). The third-order valence-corrected chi connectivity index (χ3v) is 6.94. The molecule has 0 radical (unpaired) electrons. The second kappa shape index (κ2) is 8.22. The van der Waals surface area contributed by atoms with Crippen LogP contribution in [0.3, 0.4) is 0 Å². The van der Waals surface area contributed by atoms with Crippen LogP contribution in [0, 0.1) is 5.92 Å². The lowest BCUT2D eigenvalue weighted by Gasteiger charge is -2.32. The predicted molar refractivity (Wildman–Crippen MR) is 96.7 cm³/mol. The van der Waals surface area contributed by atoms with Gasteiger partial charge in [0.05, 0.1) is 13.2 Å². The van der Waals surface area contributed by atoms with Gasteiger partial charge in [-0.25, -0.2) is 8.42 Å². The second-order valence-corrected chi connectivity index (χ2v) is 8.97. The van der Waals surface area contributed by atoms with Gasteiger partial charge < -0.3 is 14.8 Å². The number of ether oxygens (including phenoxy) is 2. The highest BCUT2D eigenvalue weighted by Crippen LogP contribution is 2.32. The molecule has 2 aliphatic rings. The zero-order chi connectivity index (χ0) is 17.9. The summed E-state index contributed by atoms with van der Waals surface area (Å²) in [4.78, 5) is 0.149. The molecule has 1 aromatic rings. The Kier molecular flexibility index (Phi) is 6.22. The van der Waals surface area contributed by atoms with Crippen LogP contribution < -0.4 is 10.1 Å². The number of benzene rings is 1. The third kappa shape index (κ3) is 4.46. The molecule has 8 heteroatoms. The van der Waals surface area contributed by atoms with Crippen molar-refractivity contribution in [2.24, 2.45) is 5.92 Å². The number of halogens is 1. The fraction of sp³-hybridized carbons (Fsp3) is 0.647. The van der Waals surface area contributed by atoms with E-state index in [1.54, 1.807) is 12.1 Å². The molecule has 0 spiro atoms. The van der Waals surface area contributed by atoms with Crippen molar-refractivity contribution in [2.45, 2.75) is 30.2 Å². The van der Waals surface area contributed by atoms with Crippen LogP contribution in [-0.4, -0.2) is 58.7 Å². The molecule has 1 N–H and O–H groups in total. The minimum absolute atomic E-state index is 0.149. The van der Waals surface area contributed by atoms with Crippen LogP contribution in [0.5, 0.6) is 5.75 Å². The van der Waals surface area contributed by atoms with E-state index in [-0.39, 0.29) is 10.9 Å². The smallest absolute Gasteiger partial charge is 0.246 e. The largest absolute Gasteiger partial charge is 0.492 e. The summed E-state index contributed by atoms with van der Waals surface area (Å²) in [6.07, 6.45) is 2.75. The number of hydrogen-bond donors (Lipinski definition) is 1. The first kappa shape index (κ1) is 18.9. The molecule has 1 aromatic carbocycles. The van der Waals surface area contributed by atoms with Crippen molar-refractivity contribution < 1.29 is 17.9 Å². The van der Waals surface area contributed by atoms with Crippen LogP contribution in [0.4, 0.5) is 0 Å². The Morgan fingerprint density at radius 3 is 2.96 bits per heavy atom. The molecule has 0 saturated carbocycles. The summed E-state index contributed by atoms with van der Waals surface area (Å²) in [5, 5.41) is 3.55. The van der Waals surface area contributed by atoms with E-state index in [1.165, 1.54) is 10.4 Å². The minimum Gasteiger partial charge on any atom is -0.492 e. The highest BCUT2D eigenvalue weighted by atomic mass is 35.5. The third-order valence-electron chi connectivity index (χ3n) is 4.81. The normalized spacial score (nSPS) is 25.2. The Hall–Kier alpha value is -0.860. The van der Waals surface area contributed by atoms with Crippen molar-refractivity contribution in [3.05, 3.63) is 23.2 Å². The lowest BCUT2D eigenvalue weighted by Crippen LogP contribution is -2.46. The Morgan fingerprint density at radius 2 is 2.24 bits per heavy atom. The Balaban J connectivity index is 1.82. The van der Waals surface area contributed by atoms with Gasteiger partial charge in [0.2, 0.25) is 10.0 Å². The Bertz CT molecular complexity index is 692. The zero-order valence-corrected chi connectivity index (χ0v) is 16.0. The van der Waals surface area contributed by atoms with Crippen molar-refractivity contribution in [1.29, 1.82) is 0 Å². The van der Waals surface area contributed by atoms with Crippen LogP contribution in [0.25, 0.3) is 0 Å². The average Bonchev–Trinajstić information content (AvgIpc) is 3.14. The van der Waals surface area contributed by atoms with Crippen LogP contribution in [0.1, 0.15) is 19.3 Å². The van der Waals surface area contributed by atoms with Gasteiger partial charge >= 0.3 is 0 Å². The second-order valence-electron chi connectivity index (χ2n) is 6.62. The van der Waals surface area contributed by atoms with Gasteiger partial charge in [-0.15, -0.1) is 0 Å². The Morgan fingerprint density at radius 1 is 1.40 bits per heavy atom. The summed E-state index contributed by atoms with van der Waals surface area (Å²) in [6.45, 7) is 2.82. The highest BCUT2D eigenvalue weighted by molar-refractivity contribution is 7.89. The fourth-order valence-corrected chi connectivity index (χ4v) is 5.18. The maximum Gasteiger partial charge on any atom is 0.246 e. The molecule has 2 unspecified atom stereocenters. The molecule has 2 atom stereocenters. The molecule has 0 aromatic heterocycles. The Labute approximate surface area is 154 Å². The van der Waals surface area contributed by atoms with Crippen molar-refractivity contribution in [2.75, 3.05) is 40.0 Å². The van der Waals surface area contributed by atoms with Crippen LogP contribution in [0.2, 0.25) is 5.02 Å². The van der Waals surface area contributed by atoms with Gasteiger partial charge in [-0.05, 0) is 44.5 Å². The molecule has 2 saturated heterocycles. The standard InChI is InChI=1S/C17H25ClN2O4S/c1-19-15-3-2-7-20(10-15)25(21,22)17-9-14(18)4-5-16(17)24-12-13-6-8-23-11-13/h4-5,9,13,15,19H,2-3,6-8,10-12H2,1H3. The van der Waals surface area contributed by atoms with Crippen LogP contribution in [0.15, 0.2) is 23.1 Å². The first-order valence-electron chi connectivity index (χ1n) is 8.68. The summed E-state index contributed by atoms with van der Waals surface area (Å²) in [5.74, 6) is 0.665. The maximum atomic E-state index is 13.2. The summed E-state index contributed by atoms with van der Waals surface area (Å²) in [5.41, 5.74) is 0. The summed E-state index contributed by atoms with van der Waals surface area (Å²) < 4.78 is 39.0. The van der Waals surface area contributed by atoms with E-state index >= 15 is 0 Å². The van der Waals surface area contributed by atoms with E-state index in [2.05, 4.69) is 5.32 Å². The molecule has 25 heavy (non-hydrogen) atoms. The number of nitrogens with zero attached hydrogens (tertiary/aromatic N) is 1. The number of hydrogen-bond acceptors (Lipinski definition) is 5. The molecule has 2 fully saturated rings. The number of piperidine rings is 1. The number of rotatable bonds is 6. The fourth-order valence-electron chi connectivity index (χ4n) is 3.26. The van der Waals surface area contributed by atoms with Gasteiger partial charge in [0.25, 0.3) is 0 Å². The van der Waals surface area contributed by atoms with Crippen molar-refractivity contribution in [3.8, 4) is 5.75 Å². The number of sulfonamides is 1.